The van der Waals surface area contributed by atoms with Gasteiger partial charge in [-0.15, -0.1) is 0 Å². The monoisotopic (exact) mass is 291 g/mol. The zero-order valence-corrected chi connectivity index (χ0v) is 13.2. The lowest BCUT2D eigenvalue weighted by Crippen LogP contribution is -2.27. The Balaban J connectivity index is 1.42. The topological polar surface area (TPSA) is 21.1 Å². The van der Waals surface area contributed by atoms with Gasteiger partial charge >= 0.3 is 0 Å². The molecule has 110 valence electrons. The highest BCUT2D eigenvalue weighted by Crippen LogP contribution is 2.38. The van der Waals surface area contributed by atoms with Crippen molar-refractivity contribution in [1.29, 1.82) is 0 Å². The van der Waals surface area contributed by atoms with E-state index in [-0.39, 0.29) is 0 Å². The molecule has 1 aromatic heterocycles. The van der Waals surface area contributed by atoms with Crippen LogP contribution in [0.4, 0.5) is 5.82 Å². The molecule has 4 heteroatoms. The Morgan fingerprint density at radius 3 is 2.80 bits per heavy atom. The van der Waals surface area contributed by atoms with Gasteiger partial charge in [-0.05, 0) is 57.1 Å². The lowest BCUT2D eigenvalue weighted by molar-refractivity contribution is 0.290. The molecule has 0 N–H and O–H groups in total. The van der Waals surface area contributed by atoms with Crippen LogP contribution in [0.3, 0.4) is 0 Å². The Hall–Kier alpha value is -0.640. The van der Waals surface area contributed by atoms with Crippen LogP contribution < -0.4 is 4.90 Å². The summed E-state index contributed by atoms with van der Waals surface area (Å²) in [5.74, 6) is 3.85. The first kappa shape index (κ1) is 13.1. The van der Waals surface area contributed by atoms with Crippen molar-refractivity contribution in [1.82, 2.24) is 9.78 Å². The van der Waals surface area contributed by atoms with Gasteiger partial charge in [0.1, 0.15) is 5.82 Å². The SMILES string of the molecule is Cc1cc(N2CCC(SCC3CC3)C2)n(C2CCC2)n1. The van der Waals surface area contributed by atoms with E-state index in [2.05, 4.69) is 34.3 Å². The quantitative estimate of drug-likeness (QED) is 0.826. The summed E-state index contributed by atoms with van der Waals surface area (Å²) in [5, 5.41) is 5.60. The molecular formula is C16H25N3S. The second-order valence-electron chi connectivity index (χ2n) is 6.81. The van der Waals surface area contributed by atoms with Gasteiger partial charge in [0.2, 0.25) is 0 Å². The number of aryl methyl sites for hydroxylation is 1. The van der Waals surface area contributed by atoms with E-state index in [0.29, 0.717) is 6.04 Å². The maximum atomic E-state index is 4.75. The summed E-state index contributed by atoms with van der Waals surface area (Å²) in [7, 11) is 0. The van der Waals surface area contributed by atoms with Gasteiger partial charge in [-0.3, -0.25) is 0 Å². The zero-order valence-electron chi connectivity index (χ0n) is 12.4. The molecule has 2 saturated carbocycles. The molecular weight excluding hydrogens is 266 g/mol. The summed E-state index contributed by atoms with van der Waals surface area (Å²) in [5.41, 5.74) is 1.18. The molecule has 0 spiro atoms. The molecule has 0 radical (unpaired) electrons. The van der Waals surface area contributed by atoms with Gasteiger partial charge in [0.15, 0.2) is 0 Å². The molecule has 0 bridgehead atoms. The molecule has 20 heavy (non-hydrogen) atoms. The first-order valence-corrected chi connectivity index (χ1v) is 9.27. The van der Waals surface area contributed by atoms with Gasteiger partial charge < -0.3 is 4.90 Å². The highest BCUT2D eigenvalue weighted by Gasteiger charge is 2.30. The third kappa shape index (κ3) is 2.59. The van der Waals surface area contributed by atoms with Gasteiger partial charge in [0.05, 0.1) is 11.7 Å². The Morgan fingerprint density at radius 1 is 1.25 bits per heavy atom. The number of anilines is 1. The van der Waals surface area contributed by atoms with E-state index in [4.69, 9.17) is 5.10 Å². The molecule has 0 amide bonds. The van der Waals surface area contributed by atoms with Crippen molar-refractivity contribution in [3.63, 3.8) is 0 Å². The molecule has 2 heterocycles. The predicted molar refractivity (Wildman–Crippen MR) is 85.7 cm³/mol. The Kier molecular flexibility index (Phi) is 3.45. The number of hydrogen-bond donors (Lipinski definition) is 0. The third-order valence-electron chi connectivity index (χ3n) is 4.99. The van der Waals surface area contributed by atoms with E-state index >= 15 is 0 Å². The average Bonchev–Trinajstić information content (AvgIpc) is 2.95. The fraction of sp³-hybridized carbons (Fsp3) is 0.812. The van der Waals surface area contributed by atoms with Crippen LogP contribution in [0.5, 0.6) is 0 Å². The van der Waals surface area contributed by atoms with Crippen molar-refractivity contribution in [3.8, 4) is 0 Å². The van der Waals surface area contributed by atoms with E-state index in [1.165, 1.54) is 68.9 Å². The van der Waals surface area contributed by atoms with Crippen molar-refractivity contribution in [2.45, 2.75) is 56.7 Å². The lowest BCUT2D eigenvalue weighted by atomic mass is 9.93. The van der Waals surface area contributed by atoms with Crippen LogP contribution in [0, 0.1) is 12.8 Å². The van der Waals surface area contributed by atoms with Gasteiger partial charge in [-0.1, -0.05) is 0 Å². The van der Waals surface area contributed by atoms with E-state index < -0.39 is 0 Å². The zero-order chi connectivity index (χ0) is 13.5. The van der Waals surface area contributed by atoms with Crippen molar-refractivity contribution in [3.05, 3.63) is 11.8 Å². The van der Waals surface area contributed by atoms with Crippen molar-refractivity contribution >= 4 is 17.6 Å². The Morgan fingerprint density at radius 2 is 2.10 bits per heavy atom. The summed E-state index contributed by atoms with van der Waals surface area (Å²) in [6.07, 6.45) is 8.34. The largest absolute Gasteiger partial charge is 0.356 e. The van der Waals surface area contributed by atoms with Gasteiger partial charge in [-0.2, -0.15) is 16.9 Å². The molecule has 4 rings (SSSR count). The summed E-state index contributed by atoms with van der Waals surface area (Å²) in [4.78, 5) is 2.59. The van der Waals surface area contributed by atoms with Crippen LogP contribution >= 0.6 is 11.8 Å². The van der Waals surface area contributed by atoms with Crippen molar-refractivity contribution in [2.24, 2.45) is 5.92 Å². The van der Waals surface area contributed by atoms with E-state index in [0.717, 1.165) is 11.2 Å². The molecule has 1 saturated heterocycles. The minimum absolute atomic E-state index is 0.678. The summed E-state index contributed by atoms with van der Waals surface area (Å²) in [6.45, 7) is 4.59. The van der Waals surface area contributed by atoms with Crippen LogP contribution in [0.1, 0.15) is 50.3 Å². The molecule has 2 aliphatic carbocycles. The minimum atomic E-state index is 0.678. The first-order chi connectivity index (χ1) is 9.79. The van der Waals surface area contributed by atoms with E-state index in [1.807, 2.05) is 0 Å². The van der Waals surface area contributed by atoms with Gasteiger partial charge in [-0.25, -0.2) is 4.68 Å². The van der Waals surface area contributed by atoms with Gasteiger partial charge in [0, 0.05) is 24.4 Å². The molecule has 1 aliphatic heterocycles. The number of rotatable bonds is 5. The summed E-state index contributed by atoms with van der Waals surface area (Å²) >= 11 is 2.22. The van der Waals surface area contributed by atoms with Crippen LogP contribution in [-0.4, -0.2) is 33.9 Å². The number of hydrogen-bond acceptors (Lipinski definition) is 3. The normalized spacial score (nSPS) is 27.1. The first-order valence-electron chi connectivity index (χ1n) is 8.22. The smallest absolute Gasteiger partial charge is 0.127 e. The van der Waals surface area contributed by atoms with E-state index in [1.54, 1.807) is 0 Å². The fourth-order valence-corrected chi connectivity index (χ4v) is 4.70. The molecule has 3 nitrogen and oxygen atoms in total. The summed E-state index contributed by atoms with van der Waals surface area (Å²) in [6, 6.07) is 2.98. The third-order valence-corrected chi connectivity index (χ3v) is 6.51. The summed E-state index contributed by atoms with van der Waals surface area (Å²) < 4.78 is 2.33. The number of thioether (sulfide) groups is 1. The maximum absolute atomic E-state index is 4.75. The fourth-order valence-electron chi connectivity index (χ4n) is 3.27. The van der Waals surface area contributed by atoms with Crippen molar-refractivity contribution < 1.29 is 0 Å². The molecule has 0 aromatic carbocycles. The predicted octanol–water partition coefficient (Wildman–Crippen LogP) is 3.64. The van der Waals surface area contributed by atoms with Crippen LogP contribution in [0.15, 0.2) is 6.07 Å². The maximum Gasteiger partial charge on any atom is 0.127 e. The van der Waals surface area contributed by atoms with Crippen LogP contribution in [-0.2, 0) is 0 Å². The number of nitrogens with zero attached hydrogens (tertiary/aromatic N) is 3. The molecule has 3 fully saturated rings. The molecule has 1 aromatic rings. The van der Waals surface area contributed by atoms with Crippen molar-refractivity contribution in [2.75, 3.05) is 23.7 Å². The van der Waals surface area contributed by atoms with Crippen LogP contribution in [0.2, 0.25) is 0 Å². The molecule has 3 aliphatic rings. The van der Waals surface area contributed by atoms with E-state index in [9.17, 15) is 0 Å². The Bertz CT molecular complexity index is 476. The molecule has 1 atom stereocenters. The highest BCUT2D eigenvalue weighted by atomic mass is 32.2. The highest BCUT2D eigenvalue weighted by molar-refractivity contribution is 7.99. The average molecular weight is 291 g/mol. The van der Waals surface area contributed by atoms with Gasteiger partial charge in [0.25, 0.3) is 0 Å². The minimum Gasteiger partial charge on any atom is -0.356 e. The Labute approximate surface area is 126 Å². The second-order valence-corrected chi connectivity index (χ2v) is 8.14. The number of aromatic nitrogens is 2. The standard InChI is InChI=1S/C16H25N3S/c1-12-9-16(19(17-12)14-3-2-4-14)18-8-7-15(10-18)20-11-13-5-6-13/h9,13-15H,2-8,10-11H2,1H3. The second kappa shape index (κ2) is 5.28. The molecule has 1 unspecified atom stereocenters. The lowest BCUT2D eigenvalue weighted by Gasteiger charge is -2.30. The van der Waals surface area contributed by atoms with Crippen LogP contribution in [0.25, 0.3) is 0 Å².